The molecule has 8 atom stereocenters. The number of guanidine groups is 2. The average Bonchev–Trinajstić information content (AvgIpc) is 1.75. The summed E-state index contributed by atoms with van der Waals surface area (Å²) in [7, 11) is 0. The number of thioether (sulfide) groups is 1. The molecule has 2 aromatic rings. The summed E-state index contributed by atoms with van der Waals surface area (Å²) < 4.78 is 5.57. The lowest BCUT2D eigenvalue weighted by Gasteiger charge is -2.28. The van der Waals surface area contributed by atoms with Crippen molar-refractivity contribution < 1.29 is 92.6 Å². The van der Waals surface area contributed by atoms with E-state index in [9.17, 15) is 82.8 Å². The Morgan fingerprint density at radius 2 is 0.843 bits per heavy atom. The molecule has 1 aliphatic rings. The highest BCUT2D eigenvalue weighted by atomic mass is 32.2. The van der Waals surface area contributed by atoms with E-state index in [-0.39, 0.29) is 69.5 Å². The molecule has 1 aliphatic carbocycles. The molecule has 0 saturated carbocycles. The van der Waals surface area contributed by atoms with Crippen molar-refractivity contribution >= 4 is 101 Å². The topological polar surface area (TPSA) is 583 Å². The summed E-state index contributed by atoms with van der Waals surface area (Å²) in [6, 6.07) is 1.000. The van der Waals surface area contributed by atoms with Crippen LogP contribution in [0.25, 0.3) is 11.1 Å². The van der Waals surface area contributed by atoms with Crippen LogP contribution >= 0.6 is 11.8 Å². The first-order valence-electron chi connectivity index (χ1n) is 27.8. The lowest BCUT2D eigenvalue weighted by Crippen LogP contribution is -2.60. The summed E-state index contributed by atoms with van der Waals surface area (Å²) in [5.74, 6) is -16.1. The molecular formula is C54H77N15O19S. The number of benzene rings is 2. The van der Waals surface area contributed by atoms with Gasteiger partial charge in [-0.25, -0.2) is 9.59 Å². The van der Waals surface area contributed by atoms with Gasteiger partial charge in [0.1, 0.15) is 54.9 Å². The van der Waals surface area contributed by atoms with Gasteiger partial charge in [0.15, 0.2) is 11.9 Å². The predicted molar refractivity (Wildman–Crippen MR) is 317 cm³/mol. The van der Waals surface area contributed by atoms with Gasteiger partial charge in [0.2, 0.25) is 47.3 Å². The first-order chi connectivity index (χ1) is 42.1. The summed E-state index contributed by atoms with van der Waals surface area (Å²) >= 11 is 1.21. The summed E-state index contributed by atoms with van der Waals surface area (Å²) in [4.78, 5) is 177. The van der Waals surface area contributed by atoms with Gasteiger partial charge in [-0.2, -0.15) is 11.8 Å². The Labute approximate surface area is 513 Å². The maximum absolute atomic E-state index is 14.3. The van der Waals surface area contributed by atoms with E-state index in [2.05, 4.69) is 47.2 Å². The summed E-state index contributed by atoms with van der Waals surface area (Å²) in [5, 5.41) is 66.2. The number of aliphatic carboxylic acids is 4. The number of hydrogen-bond acceptors (Lipinski definition) is 18. The minimum Gasteiger partial charge on any atom is -0.481 e. The maximum atomic E-state index is 14.3. The fourth-order valence-electron chi connectivity index (χ4n) is 8.94. The first kappa shape index (κ1) is 73.5. The third-order valence-corrected chi connectivity index (χ3v) is 14.0. The number of amides is 9. The highest BCUT2D eigenvalue weighted by Gasteiger charge is 2.36. The normalized spacial score (nSPS) is 14.0. The number of carbonyl (C=O) groups is 13. The number of fused-ring (bicyclic) bond motifs is 3. The number of nitrogens with zero attached hydrogens (tertiary/aromatic N) is 2. The molecule has 9 amide bonds. The lowest BCUT2D eigenvalue weighted by molar-refractivity contribution is -0.147. The van der Waals surface area contributed by atoms with Gasteiger partial charge in [-0.15, -0.1) is 0 Å². The number of hydrogen-bond donors (Lipinski definition) is 18. The van der Waals surface area contributed by atoms with Crippen molar-refractivity contribution in [2.45, 2.75) is 131 Å². The second kappa shape index (κ2) is 37.7. The van der Waals surface area contributed by atoms with Gasteiger partial charge < -0.3 is 101 Å². The number of nitrogens with one attached hydrogen (secondary N) is 8. The van der Waals surface area contributed by atoms with E-state index in [0.29, 0.717) is 0 Å². The van der Waals surface area contributed by atoms with Crippen LogP contribution < -0.4 is 71.2 Å². The molecule has 34 nitrogen and oxygen atoms in total. The Kier molecular flexibility index (Phi) is 31.1. The molecule has 0 aromatic heterocycles. The van der Waals surface area contributed by atoms with E-state index in [1.54, 1.807) is 6.26 Å². The van der Waals surface area contributed by atoms with Gasteiger partial charge in [-0.1, -0.05) is 48.5 Å². The fourth-order valence-corrected chi connectivity index (χ4v) is 9.41. The van der Waals surface area contributed by atoms with Crippen molar-refractivity contribution in [1.82, 2.24) is 42.5 Å². The van der Waals surface area contributed by atoms with Crippen LogP contribution in [0, 0.1) is 0 Å². The molecule has 2 aromatic carbocycles. The number of nitrogens with two attached hydrogens (primary N) is 5. The van der Waals surface area contributed by atoms with Crippen molar-refractivity contribution in [3.63, 3.8) is 0 Å². The van der Waals surface area contributed by atoms with Gasteiger partial charge in [0.25, 0.3) is 0 Å². The van der Waals surface area contributed by atoms with Crippen molar-refractivity contribution in [3.05, 3.63) is 59.7 Å². The zero-order valence-electron chi connectivity index (χ0n) is 48.5. The standard InChI is InChI=1S/C54H77N15O19S/c1-89-23-20-37(66-47(81)35(15-18-41(72)73)65-48(82)36(16-19-42(74)75)69-54(87)88-26-31-29-10-4-2-8-27(29)28-9-3-5-11-30(28)31)49(83)64-34(14-17-40(55)71)46(80)63-32(12-6-21-60-52(56)57)44(78)62-33(13-7-22-61-53(58)59)45(79)68-39(25-70)50(84)67-38(51(85)86)24-43(76)77/h2-5,8-11,31-39,70H,6-7,12-26H2,1H3,(H2,55,71)(H,62,78)(H,63,80)(H,64,83)(H,65,82)(H,66,81)(H,67,84)(H,68,79)(H,69,87)(H,72,73)(H,74,75)(H,76,77)(H,85,86)(H4,56,57,60)(H4,58,59,61)/t32-,33-,34-,35-,36-,37-,38-,39-/m0/s1. The van der Waals surface area contributed by atoms with Crippen molar-refractivity contribution in [2.24, 2.45) is 38.7 Å². The van der Waals surface area contributed by atoms with E-state index < -0.39 is 183 Å². The van der Waals surface area contributed by atoms with Gasteiger partial charge in [0.05, 0.1) is 13.0 Å². The number of alkyl carbamates (subject to hydrolysis) is 1. The number of aliphatic hydroxyl groups excluding tert-OH is 1. The molecule has 0 radical (unpaired) electrons. The van der Waals surface area contributed by atoms with Crippen molar-refractivity contribution in [3.8, 4) is 11.1 Å². The molecule has 35 heteroatoms. The number of aliphatic hydroxyl groups is 1. The summed E-state index contributed by atoms with van der Waals surface area (Å²) in [5.41, 5.74) is 30.8. The molecule has 0 saturated heterocycles. The van der Waals surface area contributed by atoms with Crippen LogP contribution in [0.15, 0.2) is 58.5 Å². The Balaban J connectivity index is 1.91. The van der Waals surface area contributed by atoms with E-state index in [4.69, 9.17) is 38.5 Å². The SMILES string of the molecule is CSCC[C@H](NC(=O)[C@H](CCC(=O)O)NC(=O)[C@H](CCC(=O)O)NC(=O)OCC1c2ccccc2-c2ccccc21)C(=O)N[C@@H](CCC(N)=O)C(=O)N[C@@H](CCCN=C(N)N)C(=O)N[C@@H](CCCN=C(N)N)C(=O)N[C@@H](CO)C(=O)N[C@@H](CC(=O)O)C(=O)O. The summed E-state index contributed by atoms with van der Waals surface area (Å²) in [6.45, 7) is -1.59. The Morgan fingerprint density at radius 1 is 0.483 bits per heavy atom. The molecule has 0 spiro atoms. The van der Waals surface area contributed by atoms with Crippen LogP contribution in [0.3, 0.4) is 0 Å². The maximum Gasteiger partial charge on any atom is 0.407 e. The number of carboxylic acids is 4. The number of carboxylic acid groups (broad SMARTS) is 4. The largest absolute Gasteiger partial charge is 0.481 e. The third-order valence-electron chi connectivity index (χ3n) is 13.4. The van der Waals surface area contributed by atoms with Crippen molar-refractivity contribution in [2.75, 3.05) is 38.3 Å². The number of aliphatic imine (C=N–C) groups is 2. The van der Waals surface area contributed by atoms with E-state index in [1.807, 2.05) is 53.8 Å². The zero-order valence-corrected chi connectivity index (χ0v) is 49.3. The first-order valence-corrected chi connectivity index (χ1v) is 29.2. The van der Waals surface area contributed by atoms with Gasteiger partial charge >= 0.3 is 30.0 Å². The zero-order chi connectivity index (χ0) is 66.3. The quantitative estimate of drug-likeness (QED) is 0.0170. The number of rotatable bonds is 41. The second-order valence-electron chi connectivity index (χ2n) is 20.1. The molecule has 89 heavy (non-hydrogen) atoms. The molecule has 3 rings (SSSR count). The van der Waals surface area contributed by atoms with Crippen LogP contribution in [-0.2, 0) is 62.3 Å². The van der Waals surface area contributed by atoms with E-state index in [0.717, 1.165) is 22.3 Å². The minimum atomic E-state index is -1.99. The number of primary amides is 1. The molecule has 23 N–H and O–H groups in total. The highest BCUT2D eigenvalue weighted by molar-refractivity contribution is 7.98. The summed E-state index contributed by atoms with van der Waals surface area (Å²) in [6.07, 6.45) is -5.03. The Bertz CT molecular complexity index is 2880. The monoisotopic (exact) mass is 1270 g/mol. The van der Waals surface area contributed by atoms with Crippen LogP contribution in [0.2, 0.25) is 0 Å². The molecule has 0 aliphatic heterocycles. The molecular weight excluding hydrogens is 1190 g/mol. The Morgan fingerprint density at radius 3 is 1.21 bits per heavy atom. The smallest absolute Gasteiger partial charge is 0.407 e. The highest BCUT2D eigenvalue weighted by Crippen LogP contribution is 2.44. The second-order valence-corrected chi connectivity index (χ2v) is 21.1. The number of ether oxygens (including phenoxy) is 1. The minimum absolute atomic E-state index is 0.0379. The lowest BCUT2D eigenvalue weighted by atomic mass is 9.98. The molecule has 488 valence electrons. The molecule has 0 bridgehead atoms. The van der Waals surface area contributed by atoms with E-state index in [1.165, 1.54) is 11.8 Å². The molecule has 0 fully saturated rings. The van der Waals surface area contributed by atoms with Crippen molar-refractivity contribution in [1.29, 1.82) is 0 Å². The van der Waals surface area contributed by atoms with Gasteiger partial charge in [-0.05, 0) is 85.6 Å². The van der Waals surface area contributed by atoms with Gasteiger partial charge in [0, 0.05) is 38.3 Å². The van der Waals surface area contributed by atoms with Crippen LogP contribution in [0.1, 0.15) is 94.1 Å². The average molecular weight is 1270 g/mol. The van der Waals surface area contributed by atoms with Gasteiger partial charge in [-0.3, -0.25) is 62.7 Å². The van der Waals surface area contributed by atoms with Crippen LogP contribution in [0.5, 0.6) is 0 Å². The molecule has 0 unspecified atom stereocenters. The number of carbonyl (C=O) groups excluding carboxylic acids is 9. The van der Waals surface area contributed by atoms with Crippen LogP contribution in [0.4, 0.5) is 4.79 Å². The fraction of sp³-hybridized carbons (Fsp3) is 0.500. The predicted octanol–water partition coefficient (Wildman–Crippen LogP) is -4.31. The Hall–Kier alpha value is -9.80. The van der Waals surface area contributed by atoms with Crippen LogP contribution in [-0.4, -0.2) is 201 Å². The third kappa shape index (κ3) is 26.0. The van der Waals surface area contributed by atoms with E-state index >= 15 is 0 Å². The molecule has 0 heterocycles.